The Balaban J connectivity index is 2.18. The molecule has 2 rings (SSSR count). The predicted octanol–water partition coefficient (Wildman–Crippen LogP) is 3.84. The molecule has 110 valence electrons. The van der Waals surface area contributed by atoms with Crippen molar-refractivity contribution in [2.24, 2.45) is 5.92 Å². The number of rotatable bonds is 3. The lowest BCUT2D eigenvalue weighted by atomic mass is 10.0. The Hall–Kier alpha value is -1.23. The first-order valence-corrected chi connectivity index (χ1v) is 7.00. The zero-order valence-corrected chi connectivity index (χ0v) is 11.5. The molecule has 1 N–H and O–H groups in total. The zero-order valence-electron chi connectivity index (χ0n) is 10.7. The molecule has 1 aromatic carbocycles. The third kappa shape index (κ3) is 3.26. The third-order valence-electron chi connectivity index (χ3n) is 3.65. The highest BCUT2D eigenvalue weighted by Crippen LogP contribution is 2.32. The van der Waals surface area contributed by atoms with Crippen molar-refractivity contribution >= 4 is 17.5 Å². The number of halogens is 4. The number of benzene rings is 1. The molecular formula is C14H15ClF3NO. The van der Waals surface area contributed by atoms with Gasteiger partial charge in [-0.05, 0) is 30.9 Å². The number of carbonyl (C=O) groups excluding carboxylic acids is 1. The van der Waals surface area contributed by atoms with Crippen LogP contribution >= 0.6 is 11.6 Å². The van der Waals surface area contributed by atoms with Gasteiger partial charge in [-0.2, -0.15) is 13.2 Å². The molecule has 1 amide bonds. The summed E-state index contributed by atoms with van der Waals surface area (Å²) in [7, 11) is 0. The van der Waals surface area contributed by atoms with E-state index in [-0.39, 0.29) is 17.5 Å². The lowest BCUT2D eigenvalue weighted by Crippen LogP contribution is -2.38. The number of alkyl halides is 4. The summed E-state index contributed by atoms with van der Waals surface area (Å²) < 4.78 is 38.6. The first-order valence-electron chi connectivity index (χ1n) is 6.46. The minimum Gasteiger partial charge on any atom is -0.349 e. The van der Waals surface area contributed by atoms with Crippen LogP contribution in [0, 0.1) is 5.92 Å². The van der Waals surface area contributed by atoms with Crippen molar-refractivity contribution < 1.29 is 18.0 Å². The van der Waals surface area contributed by atoms with Gasteiger partial charge >= 0.3 is 6.18 Å². The molecule has 2 unspecified atom stereocenters. The molecule has 6 heteroatoms. The van der Waals surface area contributed by atoms with Crippen molar-refractivity contribution in [3.8, 4) is 0 Å². The van der Waals surface area contributed by atoms with Crippen LogP contribution < -0.4 is 5.32 Å². The quantitative estimate of drug-likeness (QED) is 0.845. The van der Waals surface area contributed by atoms with E-state index >= 15 is 0 Å². The van der Waals surface area contributed by atoms with E-state index in [1.54, 1.807) is 0 Å². The molecule has 0 aromatic heterocycles. The molecule has 0 heterocycles. The summed E-state index contributed by atoms with van der Waals surface area (Å²) >= 11 is 5.80. The fourth-order valence-corrected chi connectivity index (χ4v) is 2.96. The van der Waals surface area contributed by atoms with Crippen LogP contribution in [0.3, 0.4) is 0 Å². The van der Waals surface area contributed by atoms with Crippen molar-refractivity contribution in [2.75, 3.05) is 5.88 Å². The third-order valence-corrected chi connectivity index (χ3v) is 4.05. The van der Waals surface area contributed by atoms with Crippen molar-refractivity contribution in [2.45, 2.75) is 31.5 Å². The van der Waals surface area contributed by atoms with Crippen LogP contribution in [0.2, 0.25) is 0 Å². The van der Waals surface area contributed by atoms with Gasteiger partial charge in [-0.15, -0.1) is 11.6 Å². The van der Waals surface area contributed by atoms with Gasteiger partial charge in [0.2, 0.25) is 0 Å². The Bertz CT molecular complexity index is 490. The second-order valence-corrected chi connectivity index (χ2v) is 5.28. The smallest absolute Gasteiger partial charge is 0.349 e. The molecule has 20 heavy (non-hydrogen) atoms. The molecule has 1 saturated carbocycles. The lowest BCUT2D eigenvalue weighted by molar-refractivity contribution is -0.137. The van der Waals surface area contributed by atoms with Gasteiger partial charge < -0.3 is 5.32 Å². The highest BCUT2D eigenvalue weighted by Gasteiger charge is 2.36. The Morgan fingerprint density at radius 3 is 2.65 bits per heavy atom. The molecule has 0 aliphatic heterocycles. The maximum Gasteiger partial charge on any atom is 0.417 e. The standard InChI is InChI=1S/C14H15ClF3NO/c15-8-9-4-3-7-12(9)19-13(20)10-5-1-2-6-11(10)14(16,17)18/h1-2,5-6,9,12H,3-4,7-8H2,(H,19,20). The van der Waals surface area contributed by atoms with E-state index in [1.165, 1.54) is 18.2 Å². The molecule has 0 bridgehead atoms. The van der Waals surface area contributed by atoms with E-state index in [0.29, 0.717) is 5.88 Å². The van der Waals surface area contributed by atoms with Crippen molar-refractivity contribution in [3.05, 3.63) is 35.4 Å². The highest BCUT2D eigenvalue weighted by molar-refractivity contribution is 6.18. The predicted molar refractivity (Wildman–Crippen MR) is 70.8 cm³/mol. The lowest BCUT2D eigenvalue weighted by Gasteiger charge is -2.20. The second kappa shape index (κ2) is 6.04. The van der Waals surface area contributed by atoms with E-state index in [2.05, 4.69) is 5.32 Å². The summed E-state index contributed by atoms with van der Waals surface area (Å²) in [5, 5.41) is 2.69. The normalized spacial score (nSPS) is 22.8. The summed E-state index contributed by atoms with van der Waals surface area (Å²) in [5.41, 5.74) is -1.24. The van der Waals surface area contributed by atoms with Crippen LogP contribution in [0.5, 0.6) is 0 Å². The van der Waals surface area contributed by atoms with E-state index in [0.717, 1.165) is 25.3 Å². The highest BCUT2D eigenvalue weighted by atomic mass is 35.5. The molecule has 1 aromatic rings. The Labute approximate surface area is 120 Å². The summed E-state index contributed by atoms with van der Waals surface area (Å²) in [4.78, 5) is 12.1. The average Bonchev–Trinajstić information content (AvgIpc) is 2.85. The molecule has 1 aliphatic rings. The van der Waals surface area contributed by atoms with Gasteiger partial charge in [-0.25, -0.2) is 0 Å². The monoisotopic (exact) mass is 305 g/mol. The second-order valence-electron chi connectivity index (χ2n) is 4.97. The Morgan fingerprint density at radius 2 is 2.00 bits per heavy atom. The first kappa shape index (κ1) is 15.2. The molecule has 1 fully saturated rings. The van der Waals surface area contributed by atoms with Crippen LogP contribution in [0.15, 0.2) is 24.3 Å². The summed E-state index contributed by atoms with van der Waals surface area (Å²) in [6, 6.07) is 4.68. The Morgan fingerprint density at radius 1 is 1.30 bits per heavy atom. The van der Waals surface area contributed by atoms with Gasteiger partial charge in [0.25, 0.3) is 5.91 Å². The van der Waals surface area contributed by atoms with Gasteiger partial charge in [0.15, 0.2) is 0 Å². The van der Waals surface area contributed by atoms with E-state index in [1.807, 2.05) is 0 Å². The van der Waals surface area contributed by atoms with E-state index in [4.69, 9.17) is 11.6 Å². The van der Waals surface area contributed by atoms with Crippen molar-refractivity contribution in [1.82, 2.24) is 5.32 Å². The zero-order chi connectivity index (χ0) is 14.8. The Kier molecular flexibility index (Phi) is 4.58. The minimum atomic E-state index is -4.53. The molecule has 2 atom stereocenters. The number of hydrogen-bond donors (Lipinski definition) is 1. The molecule has 2 nitrogen and oxygen atoms in total. The van der Waals surface area contributed by atoms with Gasteiger partial charge in [0, 0.05) is 11.9 Å². The van der Waals surface area contributed by atoms with Crippen LogP contribution in [0.25, 0.3) is 0 Å². The minimum absolute atomic E-state index is 0.138. The maximum absolute atomic E-state index is 12.9. The van der Waals surface area contributed by atoms with E-state index in [9.17, 15) is 18.0 Å². The van der Waals surface area contributed by atoms with E-state index < -0.39 is 17.6 Å². The fourth-order valence-electron chi connectivity index (χ4n) is 2.59. The fraction of sp³-hybridized carbons (Fsp3) is 0.500. The van der Waals surface area contributed by atoms with Crippen LogP contribution in [0.1, 0.15) is 35.2 Å². The average molecular weight is 306 g/mol. The van der Waals surface area contributed by atoms with Crippen LogP contribution in [0.4, 0.5) is 13.2 Å². The number of amides is 1. The number of nitrogens with one attached hydrogen (secondary N) is 1. The van der Waals surface area contributed by atoms with Crippen LogP contribution in [-0.4, -0.2) is 17.8 Å². The molecule has 1 aliphatic carbocycles. The summed E-state index contributed by atoms with van der Waals surface area (Å²) in [6.45, 7) is 0. The molecule has 0 radical (unpaired) electrons. The van der Waals surface area contributed by atoms with Gasteiger partial charge in [-0.3, -0.25) is 4.79 Å². The maximum atomic E-state index is 12.9. The largest absolute Gasteiger partial charge is 0.417 e. The first-order chi connectivity index (χ1) is 9.43. The summed E-state index contributed by atoms with van der Waals surface area (Å²) in [5.74, 6) is -0.134. The van der Waals surface area contributed by atoms with Gasteiger partial charge in [-0.1, -0.05) is 18.6 Å². The topological polar surface area (TPSA) is 29.1 Å². The number of hydrogen-bond acceptors (Lipinski definition) is 1. The number of carbonyl (C=O) groups is 1. The van der Waals surface area contributed by atoms with Crippen molar-refractivity contribution in [1.29, 1.82) is 0 Å². The van der Waals surface area contributed by atoms with Gasteiger partial charge in [0.05, 0.1) is 11.1 Å². The van der Waals surface area contributed by atoms with Crippen molar-refractivity contribution in [3.63, 3.8) is 0 Å². The SMILES string of the molecule is O=C(NC1CCCC1CCl)c1ccccc1C(F)(F)F. The van der Waals surface area contributed by atoms with Gasteiger partial charge in [0.1, 0.15) is 0 Å². The molecule has 0 spiro atoms. The molecular weight excluding hydrogens is 291 g/mol. The summed E-state index contributed by atoms with van der Waals surface area (Å²) in [6.07, 6.45) is -1.94. The van der Waals surface area contributed by atoms with Crippen LogP contribution in [-0.2, 0) is 6.18 Å². The molecule has 0 saturated heterocycles.